The number of rotatable bonds is 6. The van der Waals surface area contributed by atoms with Gasteiger partial charge in [0.25, 0.3) is 0 Å². The van der Waals surface area contributed by atoms with Gasteiger partial charge in [0.15, 0.2) is 23.1 Å². The second kappa shape index (κ2) is 7.49. The number of carbonyl (C=O) groups is 1. The van der Waals surface area contributed by atoms with E-state index >= 15 is 0 Å². The summed E-state index contributed by atoms with van der Waals surface area (Å²) in [7, 11) is 4.18. The van der Waals surface area contributed by atoms with E-state index in [4.69, 9.17) is 14.2 Å². The summed E-state index contributed by atoms with van der Waals surface area (Å²) < 4.78 is 34.0. The maximum Gasteiger partial charge on any atom is 0.337 e. The molecule has 0 radical (unpaired) electrons. The van der Waals surface area contributed by atoms with E-state index in [9.17, 15) is 9.18 Å². The van der Waals surface area contributed by atoms with Gasteiger partial charge in [0.05, 0.1) is 26.9 Å². The molecule has 0 aliphatic rings. The van der Waals surface area contributed by atoms with Gasteiger partial charge in [0.2, 0.25) is 0 Å². The van der Waals surface area contributed by atoms with E-state index in [2.05, 4.69) is 4.74 Å². The fraction of sp³-hybridized carbons (Fsp3) is 0.235. The Bertz CT molecular complexity index is 699. The molecule has 5 nitrogen and oxygen atoms in total. The van der Waals surface area contributed by atoms with Crippen molar-refractivity contribution in [3.63, 3.8) is 0 Å². The van der Waals surface area contributed by atoms with Crippen molar-refractivity contribution in [1.29, 1.82) is 0 Å². The van der Waals surface area contributed by atoms with Crippen LogP contribution in [-0.4, -0.2) is 27.3 Å². The molecule has 2 aromatic rings. The molecular formula is C17H17FO5. The second-order valence-electron chi connectivity index (χ2n) is 4.61. The number of methoxy groups -OCH3 is 3. The molecule has 0 bridgehead atoms. The predicted octanol–water partition coefficient (Wildman–Crippen LogP) is 3.21. The fourth-order valence-electron chi connectivity index (χ4n) is 1.99. The first-order valence-electron chi connectivity index (χ1n) is 6.80. The number of carbonyl (C=O) groups excluding carboxylic acids is 1. The SMILES string of the molecule is COC(=O)c1ccc(OCc2ccc(OC)c(F)c2)c(OC)c1. The normalized spacial score (nSPS) is 10.1. The zero-order valence-corrected chi connectivity index (χ0v) is 13.1. The number of esters is 1. The van der Waals surface area contributed by atoms with Crippen LogP contribution in [0, 0.1) is 5.82 Å². The quantitative estimate of drug-likeness (QED) is 0.765. The van der Waals surface area contributed by atoms with E-state index < -0.39 is 11.8 Å². The molecule has 0 amide bonds. The van der Waals surface area contributed by atoms with Crippen LogP contribution in [0.4, 0.5) is 4.39 Å². The van der Waals surface area contributed by atoms with Crippen LogP contribution < -0.4 is 14.2 Å². The Balaban J connectivity index is 2.14. The lowest BCUT2D eigenvalue weighted by Crippen LogP contribution is -2.03. The lowest BCUT2D eigenvalue weighted by molar-refractivity contribution is 0.0600. The summed E-state index contributed by atoms with van der Waals surface area (Å²) in [5.74, 6) is 0.0840. The maximum atomic E-state index is 13.6. The number of benzene rings is 2. The Hall–Kier alpha value is -2.76. The molecule has 6 heteroatoms. The Labute approximate surface area is 133 Å². The van der Waals surface area contributed by atoms with E-state index in [1.165, 1.54) is 39.5 Å². The van der Waals surface area contributed by atoms with Gasteiger partial charge in [-0.1, -0.05) is 6.07 Å². The first kappa shape index (κ1) is 16.6. The van der Waals surface area contributed by atoms with Crippen molar-refractivity contribution in [2.75, 3.05) is 21.3 Å². The topological polar surface area (TPSA) is 54.0 Å². The Morgan fingerprint density at radius 3 is 2.26 bits per heavy atom. The number of hydrogen-bond donors (Lipinski definition) is 0. The highest BCUT2D eigenvalue weighted by molar-refractivity contribution is 5.90. The molecule has 0 saturated heterocycles. The Morgan fingerprint density at radius 1 is 0.957 bits per heavy atom. The third kappa shape index (κ3) is 3.91. The smallest absolute Gasteiger partial charge is 0.337 e. The first-order chi connectivity index (χ1) is 11.1. The van der Waals surface area contributed by atoms with Gasteiger partial charge in [-0.2, -0.15) is 0 Å². The van der Waals surface area contributed by atoms with E-state index in [1.54, 1.807) is 18.2 Å². The van der Waals surface area contributed by atoms with Crippen molar-refractivity contribution in [2.24, 2.45) is 0 Å². The molecule has 0 aliphatic heterocycles. The van der Waals surface area contributed by atoms with Gasteiger partial charge in [0.1, 0.15) is 6.61 Å². The molecule has 0 heterocycles. The third-order valence-corrected chi connectivity index (χ3v) is 3.20. The molecule has 0 aromatic heterocycles. The number of ether oxygens (including phenoxy) is 4. The van der Waals surface area contributed by atoms with Crippen LogP contribution in [-0.2, 0) is 11.3 Å². The minimum Gasteiger partial charge on any atom is -0.494 e. The molecule has 122 valence electrons. The predicted molar refractivity (Wildman–Crippen MR) is 81.6 cm³/mol. The summed E-state index contributed by atoms with van der Waals surface area (Å²) in [5, 5.41) is 0. The minimum atomic E-state index is -0.466. The average molecular weight is 320 g/mol. The van der Waals surface area contributed by atoms with Crippen molar-refractivity contribution in [3.8, 4) is 17.2 Å². The van der Waals surface area contributed by atoms with Gasteiger partial charge >= 0.3 is 5.97 Å². The summed E-state index contributed by atoms with van der Waals surface area (Å²) >= 11 is 0. The van der Waals surface area contributed by atoms with Gasteiger partial charge in [-0.25, -0.2) is 9.18 Å². The van der Waals surface area contributed by atoms with Crippen molar-refractivity contribution in [3.05, 3.63) is 53.3 Å². The average Bonchev–Trinajstić information content (AvgIpc) is 2.59. The molecule has 2 rings (SSSR count). The van der Waals surface area contributed by atoms with Crippen LogP contribution >= 0.6 is 0 Å². The molecule has 0 N–H and O–H groups in total. The highest BCUT2D eigenvalue weighted by Crippen LogP contribution is 2.29. The Kier molecular flexibility index (Phi) is 5.41. The summed E-state index contributed by atoms with van der Waals surface area (Å²) in [6.07, 6.45) is 0. The van der Waals surface area contributed by atoms with Crippen LogP contribution in [0.1, 0.15) is 15.9 Å². The van der Waals surface area contributed by atoms with Crippen molar-refractivity contribution >= 4 is 5.97 Å². The molecule has 0 spiro atoms. The third-order valence-electron chi connectivity index (χ3n) is 3.20. The van der Waals surface area contributed by atoms with E-state index in [1.807, 2.05) is 0 Å². The lowest BCUT2D eigenvalue weighted by Gasteiger charge is -2.12. The van der Waals surface area contributed by atoms with Gasteiger partial charge in [-0.05, 0) is 35.9 Å². The van der Waals surface area contributed by atoms with Crippen molar-refractivity contribution in [2.45, 2.75) is 6.61 Å². The van der Waals surface area contributed by atoms with Crippen LogP contribution in [0.3, 0.4) is 0 Å². The molecular weight excluding hydrogens is 303 g/mol. The Morgan fingerprint density at radius 2 is 1.65 bits per heavy atom. The molecule has 23 heavy (non-hydrogen) atoms. The van der Waals surface area contributed by atoms with Gasteiger partial charge < -0.3 is 18.9 Å². The fourth-order valence-corrected chi connectivity index (χ4v) is 1.99. The summed E-state index contributed by atoms with van der Waals surface area (Å²) in [6, 6.07) is 9.27. The zero-order valence-electron chi connectivity index (χ0n) is 13.1. The van der Waals surface area contributed by atoms with Crippen LogP contribution in [0.2, 0.25) is 0 Å². The van der Waals surface area contributed by atoms with Crippen LogP contribution in [0.25, 0.3) is 0 Å². The van der Waals surface area contributed by atoms with Crippen molar-refractivity contribution in [1.82, 2.24) is 0 Å². The largest absolute Gasteiger partial charge is 0.494 e. The van der Waals surface area contributed by atoms with E-state index in [-0.39, 0.29) is 12.4 Å². The number of hydrogen-bond acceptors (Lipinski definition) is 5. The first-order valence-corrected chi connectivity index (χ1v) is 6.80. The standard InChI is InChI=1S/C17H17FO5/c1-20-14-6-4-11(8-13(14)18)10-23-15-7-5-12(17(19)22-3)9-16(15)21-2/h4-9H,10H2,1-3H3. The minimum absolute atomic E-state index is 0.148. The van der Waals surface area contributed by atoms with Crippen LogP contribution in [0.15, 0.2) is 36.4 Å². The van der Waals surface area contributed by atoms with Gasteiger partial charge in [-0.15, -0.1) is 0 Å². The van der Waals surface area contributed by atoms with E-state index in [0.29, 0.717) is 22.6 Å². The highest BCUT2D eigenvalue weighted by Gasteiger charge is 2.12. The maximum absolute atomic E-state index is 13.6. The summed E-state index contributed by atoms with van der Waals surface area (Å²) in [4.78, 5) is 11.5. The molecule has 0 fully saturated rings. The zero-order chi connectivity index (χ0) is 16.8. The lowest BCUT2D eigenvalue weighted by atomic mass is 10.2. The van der Waals surface area contributed by atoms with Gasteiger partial charge in [0, 0.05) is 0 Å². The molecule has 0 atom stereocenters. The molecule has 0 saturated carbocycles. The molecule has 2 aromatic carbocycles. The second-order valence-corrected chi connectivity index (χ2v) is 4.61. The molecule has 0 aliphatic carbocycles. The van der Waals surface area contributed by atoms with Crippen molar-refractivity contribution < 1.29 is 28.1 Å². The molecule has 0 unspecified atom stereocenters. The summed E-state index contributed by atoms with van der Waals surface area (Å²) in [5.41, 5.74) is 0.995. The highest BCUT2D eigenvalue weighted by atomic mass is 19.1. The van der Waals surface area contributed by atoms with Crippen LogP contribution in [0.5, 0.6) is 17.2 Å². The summed E-state index contributed by atoms with van der Waals surface area (Å²) in [6.45, 7) is 0.148. The van der Waals surface area contributed by atoms with Gasteiger partial charge in [-0.3, -0.25) is 0 Å². The monoisotopic (exact) mass is 320 g/mol. The van der Waals surface area contributed by atoms with E-state index in [0.717, 1.165) is 0 Å². The number of halogens is 1.